The standard InChI is InChI=1S/C24H18FN3O3S/c1-14-7-12-18(15(2)13-14)21-22(16-8-10-17(11-9-16)28(30)31)32-24(26-21)27-23(29)19-5-3-4-6-20(19)25/h3-13H,1-2H3,(H,26,27,29). The molecule has 0 bridgehead atoms. The van der Waals surface area contributed by atoms with Crippen LogP contribution in [0.15, 0.2) is 66.7 Å². The Labute approximate surface area is 187 Å². The summed E-state index contributed by atoms with van der Waals surface area (Å²) in [6, 6.07) is 17.9. The van der Waals surface area contributed by atoms with Crippen LogP contribution in [0.5, 0.6) is 0 Å². The molecule has 0 atom stereocenters. The zero-order valence-corrected chi connectivity index (χ0v) is 18.1. The van der Waals surface area contributed by atoms with E-state index < -0.39 is 16.6 Å². The number of nitro groups is 1. The smallest absolute Gasteiger partial charge is 0.269 e. The number of aryl methyl sites for hydroxylation is 2. The SMILES string of the molecule is Cc1ccc(-c2nc(NC(=O)c3ccccc3F)sc2-c2ccc([N+](=O)[O-])cc2)c(C)c1. The number of anilines is 1. The summed E-state index contributed by atoms with van der Waals surface area (Å²) < 4.78 is 14.0. The predicted molar refractivity (Wildman–Crippen MR) is 123 cm³/mol. The molecule has 0 unspecified atom stereocenters. The van der Waals surface area contributed by atoms with Gasteiger partial charge in [0.05, 0.1) is 21.1 Å². The van der Waals surface area contributed by atoms with Crippen LogP contribution in [0.2, 0.25) is 0 Å². The Morgan fingerprint density at radius 1 is 1.06 bits per heavy atom. The van der Waals surface area contributed by atoms with E-state index in [-0.39, 0.29) is 11.3 Å². The molecule has 1 heterocycles. The molecule has 0 aliphatic rings. The van der Waals surface area contributed by atoms with Gasteiger partial charge in [-0.3, -0.25) is 20.2 Å². The van der Waals surface area contributed by atoms with E-state index in [1.54, 1.807) is 18.2 Å². The van der Waals surface area contributed by atoms with E-state index in [0.717, 1.165) is 27.1 Å². The fraction of sp³-hybridized carbons (Fsp3) is 0.0833. The highest BCUT2D eigenvalue weighted by Gasteiger charge is 2.20. The zero-order chi connectivity index (χ0) is 22.8. The number of amides is 1. The molecule has 1 N–H and O–H groups in total. The molecule has 0 spiro atoms. The molecule has 4 rings (SSSR count). The summed E-state index contributed by atoms with van der Waals surface area (Å²) in [4.78, 5) is 28.5. The number of hydrogen-bond donors (Lipinski definition) is 1. The molecule has 6 nitrogen and oxygen atoms in total. The van der Waals surface area contributed by atoms with Crippen molar-refractivity contribution < 1.29 is 14.1 Å². The third-order valence-corrected chi connectivity index (χ3v) is 5.96. The van der Waals surface area contributed by atoms with Crippen molar-refractivity contribution in [3.63, 3.8) is 0 Å². The van der Waals surface area contributed by atoms with Gasteiger partial charge in [0.2, 0.25) is 0 Å². The Hall–Kier alpha value is -3.91. The Balaban J connectivity index is 1.78. The number of carbonyl (C=O) groups is 1. The maximum absolute atomic E-state index is 14.0. The molecule has 1 aromatic heterocycles. The lowest BCUT2D eigenvalue weighted by molar-refractivity contribution is -0.384. The van der Waals surface area contributed by atoms with Crippen molar-refractivity contribution in [2.24, 2.45) is 0 Å². The van der Waals surface area contributed by atoms with E-state index in [1.165, 1.54) is 41.7 Å². The van der Waals surface area contributed by atoms with Crippen LogP contribution in [0, 0.1) is 29.8 Å². The Kier molecular flexibility index (Phi) is 5.79. The van der Waals surface area contributed by atoms with Gasteiger partial charge in [-0.2, -0.15) is 0 Å². The molecule has 0 saturated heterocycles. The van der Waals surface area contributed by atoms with Crippen molar-refractivity contribution in [1.82, 2.24) is 4.98 Å². The molecular formula is C24H18FN3O3S. The first kappa shape index (κ1) is 21.3. The van der Waals surface area contributed by atoms with Gasteiger partial charge < -0.3 is 0 Å². The van der Waals surface area contributed by atoms with Crippen molar-refractivity contribution in [2.45, 2.75) is 13.8 Å². The Bertz CT molecular complexity index is 1330. The molecule has 0 aliphatic carbocycles. The highest BCUT2D eigenvalue weighted by molar-refractivity contribution is 7.19. The number of halogens is 1. The topological polar surface area (TPSA) is 85.1 Å². The number of hydrogen-bond acceptors (Lipinski definition) is 5. The van der Waals surface area contributed by atoms with Gasteiger partial charge in [0, 0.05) is 17.7 Å². The van der Waals surface area contributed by atoms with Gasteiger partial charge in [-0.15, -0.1) is 0 Å². The largest absolute Gasteiger partial charge is 0.298 e. The second-order valence-corrected chi connectivity index (χ2v) is 8.25. The summed E-state index contributed by atoms with van der Waals surface area (Å²) in [5, 5.41) is 14.0. The summed E-state index contributed by atoms with van der Waals surface area (Å²) in [5.41, 5.74) is 4.27. The number of nitrogens with zero attached hydrogens (tertiary/aromatic N) is 2. The number of benzene rings is 3. The van der Waals surface area contributed by atoms with E-state index in [4.69, 9.17) is 0 Å². The van der Waals surface area contributed by atoms with Crippen LogP contribution in [-0.2, 0) is 0 Å². The zero-order valence-electron chi connectivity index (χ0n) is 17.3. The minimum atomic E-state index is -0.619. The number of nitrogens with one attached hydrogen (secondary N) is 1. The summed E-state index contributed by atoms with van der Waals surface area (Å²) in [5.74, 6) is -1.22. The van der Waals surface area contributed by atoms with Crippen LogP contribution < -0.4 is 5.32 Å². The van der Waals surface area contributed by atoms with Crippen LogP contribution in [-0.4, -0.2) is 15.8 Å². The fourth-order valence-corrected chi connectivity index (χ4v) is 4.36. The van der Waals surface area contributed by atoms with Crippen molar-refractivity contribution >= 4 is 28.1 Å². The van der Waals surface area contributed by atoms with Crippen molar-refractivity contribution in [2.75, 3.05) is 5.32 Å². The van der Waals surface area contributed by atoms with Gasteiger partial charge in [0.1, 0.15) is 5.82 Å². The molecule has 1 amide bonds. The number of non-ortho nitro benzene ring substituents is 1. The third kappa shape index (κ3) is 4.26. The number of aromatic nitrogens is 1. The predicted octanol–water partition coefficient (Wildman–Crippen LogP) is 6.39. The molecule has 32 heavy (non-hydrogen) atoms. The Morgan fingerprint density at radius 2 is 1.78 bits per heavy atom. The maximum Gasteiger partial charge on any atom is 0.269 e. The molecule has 0 fully saturated rings. The molecule has 0 radical (unpaired) electrons. The van der Waals surface area contributed by atoms with Gasteiger partial charge in [-0.25, -0.2) is 9.37 Å². The average molecular weight is 447 g/mol. The van der Waals surface area contributed by atoms with Gasteiger partial charge in [0.15, 0.2) is 5.13 Å². The lowest BCUT2D eigenvalue weighted by Crippen LogP contribution is -2.13. The van der Waals surface area contributed by atoms with Crippen LogP contribution in [0.4, 0.5) is 15.2 Å². The summed E-state index contributed by atoms with van der Waals surface area (Å²) in [6.07, 6.45) is 0. The number of carbonyl (C=O) groups excluding carboxylic acids is 1. The second kappa shape index (κ2) is 8.68. The quantitative estimate of drug-likeness (QED) is 0.284. The molecule has 0 saturated carbocycles. The van der Waals surface area contributed by atoms with Gasteiger partial charge in [-0.05, 0) is 49.2 Å². The summed E-state index contributed by atoms with van der Waals surface area (Å²) in [6.45, 7) is 3.97. The third-order valence-electron chi connectivity index (χ3n) is 4.94. The van der Waals surface area contributed by atoms with Crippen molar-refractivity contribution in [3.05, 3.63) is 99.4 Å². The summed E-state index contributed by atoms with van der Waals surface area (Å²) >= 11 is 1.23. The van der Waals surface area contributed by atoms with Crippen molar-refractivity contribution in [3.8, 4) is 21.7 Å². The molecule has 3 aromatic carbocycles. The molecular weight excluding hydrogens is 429 g/mol. The van der Waals surface area contributed by atoms with Gasteiger partial charge in [0.25, 0.3) is 11.6 Å². The molecule has 4 aromatic rings. The first-order valence-electron chi connectivity index (χ1n) is 9.72. The van der Waals surface area contributed by atoms with Crippen molar-refractivity contribution in [1.29, 1.82) is 0 Å². The van der Waals surface area contributed by atoms with E-state index in [1.807, 2.05) is 32.0 Å². The molecule has 160 valence electrons. The average Bonchev–Trinajstić information content (AvgIpc) is 3.17. The summed E-state index contributed by atoms with van der Waals surface area (Å²) in [7, 11) is 0. The fourth-order valence-electron chi connectivity index (χ4n) is 3.38. The highest BCUT2D eigenvalue weighted by atomic mass is 32.1. The van der Waals surface area contributed by atoms with Gasteiger partial charge in [-0.1, -0.05) is 47.2 Å². The van der Waals surface area contributed by atoms with Crippen LogP contribution in [0.3, 0.4) is 0 Å². The molecule has 8 heteroatoms. The number of thiazole rings is 1. The first-order valence-corrected chi connectivity index (χ1v) is 10.5. The van der Waals surface area contributed by atoms with Crippen LogP contribution in [0.1, 0.15) is 21.5 Å². The normalized spacial score (nSPS) is 10.7. The minimum absolute atomic E-state index is 0.0144. The van der Waals surface area contributed by atoms with Crippen LogP contribution in [0.25, 0.3) is 21.7 Å². The van der Waals surface area contributed by atoms with E-state index in [9.17, 15) is 19.3 Å². The van der Waals surface area contributed by atoms with Crippen LogP contribution >= 0.6 is 11.3 Å². The lowest BCUT2D eigenvalue weighted by Gasteiger charge is -2.07. The minimum Gasteiger partial charge on any atom is -0.298 e. The van der Waals surface area contributed by atoms with E-state index in [0.29, 0.717) is 10.8 Å². The Morgan fingerprint density at radius 3 is 2.44 bits per heavy atom. The first-order chi connectivity index (χ1) is 15.3. The number of rotatable bonds is 5. The lowest BCUT2D eigenvalue weighted by atomic mass is 10.0. The highest BCUT2D eigenvalue weighted by Crippen LogP contribution is 2.40. The number of nitro benzene ring substituents is 1. The van der Waals surface area contributed by atoms with Gasteiger partial charge >= 0.3 is 0 Å². The van der Waals surface area contributed by atoms with E-state index >= 15 is 0 Å². The maximum atomic E-state index is 14.0. The van der Waals surface area contributed by atoms with E-state index in [2.05, 4.69) is 10.3 Å². The second-order valence-electron chi connectivity index (χ2n) is 7.25. The molecule has 0 aliphatic heterocycles. The monoisotopic (exact) mass is 447 g/mol.